The van der Waals surface area contributed by atoms with Gasteiger partial charge in [-0.05, 0) is 95.4 Å². The molecule has 47 heavy (non-hydrogen) atoms. The maximum Gasteiger partial charge on any atom is 0.414 e. The molecule has 0 saturated carbocycles. The molecule has 2 heterocycles. The molecule has 1 aliphatic carbocycles. The third-order valence-corrected chi connectivity index (χ3v) is 10.1. The minimum absolute atomic E-state index is 0.157. The second-order valence-electron chi connectivity index (χ2n) is 14.7. The van der Waals surface area contributed by atoms with Gasteiger partial charge in [0.25, 0.3) is 0 Å². The van der Waals surface area contributed by atoms with Crippen molar-refractivity contribution in [1.82, 2.24) is 4.90 Å². The molecule has 8 nitrogen and oxygen atoms in total. The average molecular weight is 659 g/mol. The second kappa shape index (κ2) is 12.8. The van der Waals surface area contributed by atoms with Crippen molar-refractivity contribution in [3.8, 4) is 0 Å². The molecule has 3 aliphatic rings. The van der Waals surface area contributed by atoms with Crippen molar-refractivity contribution in [2.75, 3.05) is 26.0 Å². The zero-order valence-corrected chi connectivity index (χ0v) is 30.3. The van der Waals surface area contributed by atoms with Crippen molar-refractivity contribution in [2.45, 2.75) is 89.6 Å². The summed E-state index contributed by atoms with van der Waals surface area (Å²) in [5, 5.41) is 12.4. The maximum atomic E-state index is 13.4. The number of carbonyl (C=O) groups is 1. The van der Waals surface area contributed by atoms with E-state index in [0.29, 0.717) is 0 Å². The SMILES string of the molecule is Cc1ccc2c(c1)C(C)(C)/C(=C\C=C1/CCC(/C=C/C3=[N+](C)c4ccc(SOOO)cc4C3(C)C)=C1N(C)C(=O)OC(C)(C)C)N2C. The first-order valence-electron chi connectivity index (χ1n) is 16.0. The van der Waals surface area contributed by atoms with Gasteiger partial charge in [0.05, 0.1) is 23.2 Å². The highest BCUT2D eigenvalue weighted by atomic mass is 32.2. The summed E-state index contributed by atoms with van der Waals surface area (Å²) in [7, 11) is 6.00. The Balaban J connectivity index is 1.54. The molecule has 2 aromatic rings. The Hall–Kier alpha value is -3.63. The first-order valence-corrected chi connectivity index (χ1v) is 16.8. The summed E-state index contributed by atoms with van der Waals surface area (Å²) >= 11 is 0.955. The molecule has 9 heteroatoms. The second-order valence-corrected chi connectivity index (χ2v) is 15.4. The summed E-state index contributed by atoms with van der Waals surface area (Å²) < 4.78 is 12.7. The first kappa shape index (κ1) is 34.7. The van der Waals surface area contributed by atoms with Gasteiger partial charge in [-0.15, -0.1) is 4.33 Å². The molecule has 0 aromatic heterocycles. The van der Waals surface area contributed by atoms with Crippen molar-refractivity contribution in [3.63, 3.8) is 0 Å². The van der Waals surface area contributed by atoms with Gasteiger partial charge in [0.1, 0.15) is 12.6 Å². The van der Waals surface area contributed by atoms with Crippen LogP contribution >= 0.6 is 12.0 Å². The van der Waals surface area contributed by atoms with E-state index >= 15 is 0 Å². The van der Waals surface area contributed by atoms with Gasteiger partial charge in [-0.3, -0.25) is 4.90 Å². The lowest BCUT2D eigenvalue weighted by molar-refractivity contribution is -0.432. The fourth-order valence-corrected chi connectivity index (χ4v) is 7.52. The van der Waals surface area contributed by atoms with Gasteiger partial charge in [0.15, 0.2) is 5.71 Å². The molecule has 0 bridgehead atoms. The monoisotopic (exact) mass is 658 g/mol. The number of likely N-dealkylation sites (N-methyl/N-ethyl adjacent to an activating group) is 2. The summed E-state index contributed by atoms with van der Waals surface area (Å²) in [5.74, 6) is 0. The fraction of sp³-hybridized carbons (Fsp3) is 0.421. The lowest BCUT2D eigenvalue weighted by Gasteiger charge is -2.27. The van der Waals surface area contributed by atoms with Crippen LogP contribution in [0, 0.1) is 6.92 Å². The van der Waals surface area contributed by atoms with Crippen LogP contribution in [0.4, 0.5) is 16.2 Å². The number of rotatable bonds is 7. The molecule has 0 unspecified atom stereocenters. The summed E-state index contributed by atoms with van der Waals surface area (Å²) in [6.45, 7) is 16.7. The van der Waals surface area contributed by atoms with Crippen molar-refractivity contribution in [3.05, 3.63) is 99.9 Å². The standard InChI is InChI=1S/C38H47N3O5S/c1-24-12-18-30-28(22-24)37(5,6)32(39(30)9)20-15-25-13-14-26(34(25)41(11)35(42)44-36(2,3)4)16-21-33-38(7,8)29-23-27(47-46-45-43)17-19-31(29)40(33)10/h12,15-23H,13-14H2,1-11H3/p+1. The Kier molecular flexibility index (Phi) is 9.42. The maximum absolute atomic E-state index is 13.4. The number of anilines is 1. The molecule has 0 atom stereocenters. The van der Waals surface area contributed by atoms with Gasteiger partial charge in [-0.2, -0.15) is 4.58 Å². The summed E-state index contributed by atoms with van der Waals surface area (Å²) in [6, 6.07) is 12.7. The normalized spacial score (nSPS) is 20.2. The number of fused-ring (bicyclic) bond motifs is 2. The van der Waals surface area contributed by atoms with Crippen LogP contribution in [-0.4, -0.2) is 53.3 Å². The first-order chi connectivity index (χ1) is 22.0. The topological polar surface area (TPSA) is 74.5 Å². The van der Waals surface area contributed by atoms with Crippen LogP contribution in [0.3, 0.4) is 0 Å². The number of allylic oxidation sites excluding steroid dienone is 7. The Morgan fingerprint density at radius 2 is 1.74 bits per heavy atom. The van der Waals surface area contributed by atoms with E-state index in [2.05, 4.69) is 116 Å². The molecule has 0 fully saturated rings. The van der Waals surface area contributed by atoms with Crippen LogP contribution in [0.25, 0.3) is 0 Å². The largest absolute Gasteiger partial charge is 0.443 e. The fourth-order valence-electron chi connectivity index (χ4n) is 7.12. The summed E-state index contributed by atoms with van der Waals surface area (Å²) in [4.78, 5) is 18.2. The lowest BCUT2D eigenvalue weighted by atomic mass is 9.81. The quantitative estimate of drug-likeness (QED) is 0.138. The van der Waals surface area contributed by atoms with E-state index in [0.717, 1.165) is 63.6 Å². The molecule has 2 aromatic carbocycles. The van der Waals surface area contributed by atoms with Gasteiger partial charge in [-0.25, -0.2) is 10.1 Å². The van der Waals surface area contributed by atoms with E-state index in [9.17, 15) is 4.79 Å². The number of nitrogens with zero attached hydrogens (tertiary/aromatic N) is 3. The molecule has 1 amide bonds. The smallest absolute Gasteiger partial charge is 0.414 e. The highest BCUT2D eigenvalue weighted by molar-refractivity contribution is 7.94. The highest BCUT2D eigenvalue weighted by Gasteiger charge is 2.43. The zero-order valence-electron chi connectivity index (χ0n) is 29.5. The van der Waals surface area contributed by atoms with Crippen LogP contribution < -0.4 is 4.90 Å². The van der Waals surface area contributed by atoms with Crippen LogP contribution in [-0.2, 0) is 24.9 Å². The van der Waals surface area contributed by atoms with Gasteiger partial charge in [0, 0.05) is 53.5 Å². The molecule has 0 saturated heterocycles. The van der Waals surface area contributed by atoms with E-state index in [4.69, 9.17) is 9.99 Å². The molecule has 2 aliphatic heterocycles. The molecule has 0 radical (unpaired) electrons. The lowest BCUT2D eigenvalue weighted by Crippen LogP contribution is -2.34. The summed E-state index contributed by atoms with van der Waals surface area (Å²) in [6.07, 6.45) is 9.98. The zero-order chi connectivity index (χ0) is 34.5. The third-order valence-electron chi connectivity index (χ3n) is 9.51. The number of hydrogen-bond acceptors (Lipinski definition) is 7. The third kappa shape index (κ3) is 6.59. The summed E-state index contributed by atoms with van der Waals surface area (Å²) in [5.41, 5.74) is 10.4. The number of benzene rings is 2. The van der Waals surface area contributed by atoms with Crippen molar-refractivity contribution < 1.29 is 28.7 Å². The van der Waals surface area contributed by atoms with E-state index in [-0.39, 0.29) is 16.9 Å². The molecular formula is C38H48N3O5S+. The average Bonchev–Trinajstić information content (AvgIpc) is 3.54. The van der Waals surface area contributed by atoms with Crippen molar-refractivity contribution >= 4 is 35.2 Å². The molecular weight excluding hydrogens is 611 g/mol. The van der Waals surface area contributed by atoms with Crippen molar-refractivity contribution in [1.29, 1.82) is 0 Å². The van der Waals surface area contributed by atoms with Crippen molar-refractivity contribution in [2.24, 2.45) is 0 Å². The van der Waals surface area contributed by atoms with Crippen LogP contribution in [0.1, 0.15) is 78.0 Å². The van der Waals surface area contributed by atoms with Crippen LogP contribution in [0.2, 0.25) is 0 Å². The molecule has 0 spiro atoms. The number of ether oxygens (including phenoxy) is 1. The number of carbonyl (C=O) groups excluding carboxylic acids is 1. The van der Waals surface area contributed by atoms with Gasteiger partial charge < -0.3 is 9.64 Å². The predicted octanol–water partition coefficient (Wildman–Crippen LogP) is 9.14. The van der Waals surface area contributed by atoms with E-state index < -0.39 is 5.60 Å². The van der Waals surface area contributed by atoms with Gasteiger partial charge >= 0.3 is 6.09 Å². The van der Waals surface area contributed by atoms with E-state index in [1.165, 1.54) is 22.5 Å². The highest BCUT2D eigenvalue weighted by Crippen LogP contribution is 2.48. The number of aryl methyl sites for hydroxylation is 1. The van der Waals surface area contributed by atoms with E-state index in [1.54, 1.807) is 11.9 Å². The van der Waals surface area contributed by atoms with Gasteiger partial charge in [-0.1, -0.05) is 48.7 Å². The number of hydrogen-bond donors (Lipinski definition) is 1. The minimum Gasteiger partial charge on any atom is -0.443 e. The number of amides is 1. The van der Waals surface area contributed by atoms with Crippen LogP contribution in [0.15, 0.2) is 88.1 Å². The minimum atomic E-state index is -0.615. The Morgan fingerprint density at radius 1 is 1.02 bits per heavy atom. The van der Waals surface area contributed by atoms with Gasteiger partial charge in [0.2, 0.25) is 5.69 Å². The van der Waals surface area contributed by atoms with Crippen LogP contribution in [0.5, 0.6) is 0 Å². The predicted molar refractivity (Wildman–Crippen MR) is 189 cm³/mol. The molecule has 5 rings (SSSR count). The molecule has 1 N–H and O–H groups in total. The molecule has 250 valence electrons. The van der Waals surface area contributed by atoms with E-state index in [1.807, 2.05) is 32.9 Å². The Labute approximate surface area is 283 Å². The Morgan fingerprint density at radius 3 is 2.43 bits per heavy atom. The Bertz CT molecular complexity index is 1760.